The topological polar surface area (TPSA) is 64.7 Å². The Morgan fingerprint density at radius 1 is 1.14 bits per heavy atom. The molecule has 2 aromatic heterocycles. The molecule has 2 N–H and O–H groups in total. The summed E-state index contributed by atoms with van der Waals surface area (Å²) in [5.74, 6) is 0. The van der Waals surface area contributed by atoms with Gasteiger partial charge >= 0.3 is 0 Å². The summed E-state index contributed by atoms with van der Waals surface area (Å²) in [6, 6.07) is 5.40. The predicted octanol–water partition coefficient (Wildman–Crippen LogP) is 0.920. The fraction of sp³-hybridized carbons (Fsp3) is 0.100. The maximum atomic E-state index is 5.97. The molecule has 1 atom stereocenters. The number of hydrogen-bond acceptors (Lipinski definition) is 4. The molecule has 0 aliphatic heterocycles. The number of nitrogens with two attached hydrogens (primary N) is 1. The smallest absolute Gasteiger partial charge is 0.115 e. The molecule has 0 saturated heterocycles. The average Bonchev–Trinajstić information content (AvgIpc) is 2.30. The van der Waals surface area contributed by atoms with Gasteiger partial charge in [-0.2, -0.15) is 0 Å². The van der Waals surface area contributed by atoms with Crippen molar-refractivity contribution in [3.63, 3.8) is 0 Å². The molecule has 0 aliphatic rings. The Morgan fingerprint density at radius 3 is 2.57 bits per heavy atom. The van der Waals surface area contributed by atoms with Gasteiger partial charge in [-0.3, -0.25) is 4.98 Å². The normalized spacial score (nSPS) is 12.4. The molecule has 4 heteroatoms. The third kappa shape index (κ3) is 1.75. The van der Waals surface area contributed by atoms with Crippen LogP contribution in [-0.2, 0) is 0 Å². The summed E-state index contributed by atoms with van der Waals surface area (Å²) in [4.78, 5) is 12.0. The highest BCUT2D eigenvalue weighted by Crippen LogP contribution is 2.14. The van der Waals surface area contributed by atoms with Crippen LogP contribution in [0.5, 0.6) is 0 Å². The molecule has 14 heavy (non-hydrogen) atoms. The highest BCUT2D eigenvalue weighted by molar-refractivity contribution is 5.21. The number of hydrogen-bond donors (Lipinski definition) is 1. The first-order chi connectivity index (χ1) is 6.88. The number of pyridine rings is 1. The first-order valence-electron chi connectivity index (χ1n) is 4.29. The summed E-state index contributed by atoms with van der Waals surface area (Å²) < 4.78 is 0. The fourth-order valence-corrected chi connectivity index (χ4v) is 1.20. The van der Waals surface area contributed by atoms with Crippen molar-refractivity contribution in [1.82, 2.24) is 15.0 Å². The molecule has 2 aromatic rings. The van der Waals surface area contributed by atoms with E-state index in [-0.39, 0.29) is 6.04 Å². The molecule has 0 aliphatic carbocycles. The van der Waals surface area contributed by atoms with Crippen molar-refractivity contribution >= 4 is 0 Å². The molecule has 0 amide bonds. The second-order valence-electron chi connectivity index (χ2n) is 2.90. The lowest BCUT2D eigenvalue weighted by atomic mass is 10.1. The van der Waals surface area contributed by atoms with Crippen LogP contribution in [-0.4, -0.2) is 15.0 Å². The molecule has 0 bridgehead atoms. The van der Waals surface area contributed by atoms with Crippen LogP contribution in [0.4, 0.5) is 0 Å². The Balaban J connectivity index is 2.30. The van der Waals surface area contributed by atoms with E-state index in [2.05, 4.69) is 15.0 Å². The summed E-state index contributed by atoms with van der Waals surface area (Å²) in [6.07, 6.45) is 6.60. The van der Waals surface area contributed by atoms with Crippen molar-refractivity contribution in [3.8, 4) is 0 Å². The lowest BCUT2D eigenvalue weighted by Crippen LogP contribution is -2.13. The van der Waals surface area contributed by atoms with Gasteiger partial charge in [-0.1, -0.05) is 6.07 Å². The van der Waals surface area contributed by atoms with Crippen molar-refractivity contribution < 1.29 is 0 Å². The fourth-order valence-electron chi connectivity index (χ4n) is 1.20. The van der Waals surface area contributed by atoms with E-state index in [1.165, 1.54) is 6.33 Å². The summed E-state index contributed by atoms with van der Waals surface area (Å²) in [5, 5.41) is 0. The van der Waals surface area contributed by atoms with Crippen LogP contribution in [0.3, 0.4) is 0 Å². The maximum absolute atomic E-state index is 5.97. The van der Waals surface area contributed by atoms with E-state index < -0.39 is 0 Å². The van der Waals surface area contributed by atoms with E-state index >= 15 is 0 Å². The van der Waals surface area contributed by atoms with E-state index in [0.29, 0.717) is 0 Å². The first-order valence-corrected chi connectivity index (χ1v) is 4.29. The van der Waals surface area contributed by atoms with Gasteiger partial charge in [-0.15, -0.1) is 0 Å². The lowest BCUT2D eigenvalue weighted by Gasteiger charge is -2.09. The van der Waals surface area contributed by atoms with Gasteiger partial charge in [0.25, 0.3) is 0 Å². The second-order valence-corrected chi connectivity index (χ2v) is 2.90. The van der Waals surface area contributed by atoms with Crippen LogP contribution < -0.4 is 5.73 Å². The van der Waals surface area contributed by atoms with Crippen LogP contribution in [0.25, 0.3) is 0 Å². The third-order valence-electron chi connectivity index (χ3n) is 1.95. The third-order valence-corrected chi connectivity index (χ3v) is 1.95. The van der Waals surface area contributed by atoms with Gasteiger partial charge in [0.1, 0.15) is 6.33 Å². The molecule has 0 spiro atoms. The summed E-state index contributed by atoms with van der Waals surface area (Å²) in [7, 11) is 0. The van der Waals surface area contributed by atoms with Gasteiger partial charge in [-0.05, 0) is 12.1 Å². The largest absolute Gasteiger partial charge is 0.319 e. The molecule has 0 fully saturated rings. The van der Waals surface area contributed by atoms with Crippen LogP contribution in [0.2, 0.25) is 0 Å². The van der Waals surface area contributed by atoms with Crippen LogP contribution >= 0.6 is 0 Å². The molecule has 2 heterocycles. The van der Waals surface area contributed by atoms with Crippen molar-refractivity contribution in [1.29, 1.82) is 0 Å². The van der Waals surface area contributed by atoms with Crippen molar-refractivity contribution in [2.75, 3.05) is 0 Å². The highest BCUT2D eigenvalue weighted by atomic mass is 14.8. The highest BCUT2D eigenvalue weighted by Gasteiger charge is 2.09. The maximum Gasteiger partial charge on any atom is 0.115 e. The Morgan fingerprint density at radius 2 is 1.93 bits per heavy atom. The SMILES string of the molecule is NC(c1cncnc1)c1ccccn1. The number of nitrogens with zero attached hydrogens (tertiary/aromatic N) is 3. The molecule has 0 saturated carbocycles. The Hall–Kier alpha value is -1.81. The standard InChI is InChI=1S/C10H10N4/c11-10(8-5-12-7-13-6-8)9-3-1-2-4-14-9/h1-7,10H,11H2. The molecule has 0 radical (unpaired) electrons. The zero-order valence-corrected chi connectivity index (χ0v) is 7.54. The summed E-state index contributed by atoms with van der Waals surface area (Å²) in [5.41, 5.74) is 7.66. The van der Waals surface area contributed by atoms with Crippen molar-refractivity contribution in [3.05, 3.63) is 54.4 Å². The quantitative estimate of drug-likeness (QED) is 0.757. The van der Waals surface area contributed by atoms with Gasteiger partial charge in [0.2, 0.25) is 0 Å². The van der Waals surface area contributed by atoms with E-state index in [1.807, 2.05) is 18.2 Å². The Bertz CT molecular complexity index is 348. The Labute approximate surface area is 81.9 Å². The van der Waals surface area contributed by atoms with Crippen molar-refractivity contribution in [2.45, 2.75) is 6.04 Å². The molecule has 70 valence electrons. The van der Waals surface area contributed by atoms with Gasteiger partial charge in [0, 0.05) is 24.2 Å². The minimum Gasteiger partial charge on any atom is -0.319 e. The predicted molar refractivity (Wildman–Crippen MR) is 52.3 cm³/mol. The van der Waals surface area contributed by atoms with Gasteiger partial charge in [-0.25, -0.2) is 9.97 Å². The first kappa shape index (κ1) is 8.77. The molecule has 1 unspecified atom stereocenters. The van der Waals surface area contributed by atoms with Crippen molar-refractivity contribution in [2.24, 2.45) is 5.73 Å². The van der Waals surface area contributed by atoms with Crippen LogP contribution in [0, 0.1) is 0 Å². The van der Waals surface area contributed by atoms with E-state index in [0.717, 1.165) is 11.3 Å². The van der Waals surface area contributed by atoms with E-state index in [1.54, 1.807) is 18.6 Å². The zero-order valence-electron chi connectivity index (χ0n) is 7.54. The van der Waals surface area contributed by atoms with Gasteiger partial charge in [0.15, 0.2) is 0 Å². The van der Waals surface area contributed by atoms with Crippen LogP contribution in [0.1, 0.15) is 17.3 Å². The number of rotatable bonds is 2. The van der Waals surface area contributed by atoms with Gasteiger partial charge < -0.3 is 5.73 Å². The monoisotopic (exact) mass is 186 g/mol. The molecule has 2 rings (SSSR count). The minimum absolute atomic E-state index is 0.252. The number of aromatic nitrogens is 3. The Kier molecular flexibility index (Phi) is 2.46. The molecule has 0 aromatic carbocycles. The van der Waals surface area contributed by atoms with E-state index in [4.69, 9.17) is 5.73 Å². The second kappa shape index (κ2) is 3.93. The average molecular weight is 186 g/mol. The molecular weight excluding hydrogens is 176 g/mol. The van der Waals surface area contributed by atoms with E-state index in [9.17, 15) is 0 Å². The van der Waals surface area contributed by atoms with Crippen LogP contribution in [0.15, 0.2) is 43.1 Å². The molecular formula is C10H10N4. The summed E-state index contributed by atoms with van der Waals surface area (Å²) >= 11 is 0. The zero-order chi connectivity index (χ0) is 9.80. The molecule has 4 nitrogen and oxygen atoms in total. The summed E-state index contributed by atoms with van der Waals surface area (Å²) in [6.45, 7) is 0. The minimum atomic E-state index is -0.252. The van der Waals surface area contributed by atoms with Gasteiger partial charge in [0.05, 0.1) is 11.7 Å². The lowest BCUT2D eigenvalue weighted by molar-refractivity contribution is 0.813.